The van der Waals surface area contributed by atoms with Crippen LogP contribution in [-0.4, -0.2) is 62.3 Å². The Morgan fingerprint density at radius 2 is 1.93 bits per heavy atom. The van der Waals surface area contributed by atoms with Gasteiger partial charge in [-0.2, -0.15) is 4.98 Å². The van der Waals surface area contributed by atoms with Crippen LogP contribution in [0.25, 0.3) is 0 Å². The van der Waals surface area contributed by atoms with Crippen LogP contribution in [0.5, 0.6) is 0 Å². The summed E-state index contributed by atoms with van der Waals surface area (Å²) >= 11 is 6.15. The number of halogens is 1. The van der Waals surface area contributed by atoms with Crippen molar-refractivity contribution in [2.24, 2.45) is 0 Å². The molecule has 1 aromatic heterocycles. The molecule has 2 heterocycles. The number of aromatic nitrogens is 2. The minimum absolute atomic E-state index is 0.238. The second-order valence-corrected chi connectivity index (χ2v) is 9.27. The summed E-state index contributed by atoms with van der Waals surface area (Å²) in [6.45, 7) is 6.04. The van der Waals surface area contributed by atoms with Gasteiger partial charge in [0.15, 0.2) is 5.82 Å². The summed E-state index contributed by atoms with van der Waals surface area (Å²) in [6.07, 6.45) is 4.73. The molecule has 8 nitrogen and oxygen atoms in total. The second kappa shape index (κ2) is 9.71. The van der Waals surface area contributed by atoms with Crippen LogP contribution in [0, 0.1) is 0 Å². The van der Waals surface area contributed by atoms with Gasteiger partial charge < -0.3 is 15.5 Å². The first-order valence-corrected chi connectivity index (χ1v) is 11.9. The van der Waals surface area contributed by atoms with Gasteiger partial charge in [-0.05, 0) is 42.6 Å². The van der Waals surface area contributed by atoms with E-state index in [4.69, 9.17) is 11.6 Å². The highest BCUT2D eigenvalue weighted by Gasteiger charge is 2.13. The summed E-state index contributed by atoms with van der Waals surface area (Å²) in [4.78, 5) is 11.1. The van der Waals surface area contributed by atoms with E-state index in [0.717, 1.165) is 44.4 Å². The zero-order valence-electron chi connectivity index (χ0n) is 16.7. The van der Waals surface area contributed by atoms with Gasteiger partial charge >= 0.3 is 0 Å². The first-order chi connectivity index (χ1) is 13.8. The Balaban J connectivity index is 1.65. The Morgan fingerprint density at radius 3 is 2.66 bits per heavy atom. The van der Waals surface area contributed by atoms with Crippen LogP contribution in [0.15, 0.2) is 24.4 Å². The van der Waals surface area contributed by atoms with E-state index >= 15 is 0 Å². The van der Waals surface area contributed by atoms with Crippen LogP contribution < -0.4 is 15.4 Å². The Labute approximate surface area is 177 Å². The van der Waals surface area contributed by atoms with E-state index in [1.807, 2.05) is 6.07 Å². The van der Waals surface area contributed by atoms with E-state index in [-0.39, 0.29) is 6.54 Å². The number of hydrogen-bond acceptors (Lipinski definition) is 7. The predicted octanol–water partition coefficient (Wildman–Crippen LogP) is 2.26. The summed E-state index contributed by atoms with van der Waals surface area (Å²) < 4.78 is 24.7. The molecule has 1 aliphatic rings. The Kier molecular flexibility index (Phi) is 7.28. The van der Waals surface area contributed by atoms with E-state index in [9.17, 15) is 8.42 Å². The lowest BCUT2D eigenvalue weighted by Gasteiger charge is -2.16. The highest BCUT2D eigenvalue weighted by Crippen LogP contribution is 2.24. The average Bonchev–Trinajstić information content (AvgIpc) is 2.88. The molecule has 29 heavy (non-hydrogen) atoms. The third-order valence-corrected chi connectivity index (χ3v) is 5.84. The molecule has 3 N–H and O–H groups in total. The van der Waals surface area contributed by atoms with Gasteiger partial charge in [0.25, 0.3) is 0 Å². The molecule has 0 radical (unpaired) electrons. The maximum atomic E-state index is 11.1. The molecule has 158 valence electrons. The second-order valence-electron chi connectivity index (χ2n) is 7.03. The van der Waals surface area contributed by atoms with Crippen molar-refractivity contribution < 1.29 is 8.42 Å². The molecule has 0 atom stereocenters. The van der Waals surface area contributed by atoms with Crippen LogP contribution in [0.1, 0.15) is 18.1 Å². The van der Waals surface area contributed by atoms with Gasteiger partial charge in [-0.3, -0.25) is 0 Å². The third kappa shape index (κ3) is 6.53. The molecule has 10 heteroatoms. The number of nitrogens with one attached hydrogen (secondary N) is 3. The monoisotopic (exact) mass is 438 g/mol. The van der Waals surface area contributed by atoms with Crippen LogP contribution in [0.4, 0.5) is 17.5 Å². The van der Waals surface area contributed by atoms with Gasteiger partial charge in [-0.25, -0.2) is 18.1 Å². The number of fused-ring (bicyclic) bond motifs is 1. The minimum atomic E-state index is -3.22. The van der Waals surface area contributed by atoms with E-state index in [2.05, 4.69) is 49.3 Å². The molecule has 2 aromatic rings. The minimum Gasteiger partial charge on any atom is -0.367 e. The zero-order chi connectivity index (χ0) is 20.9. The van der Waals surface area contributed by atoms with Crippen molar-refractivity contribution in [1.82, 2.24) is 19.6 Å². The Morgan fingerprint density at radius 1 is 1.17 bits per heavy atom. The molecule has 0 fully saturated rings. The molecule has 0 bridgehead atoms. The van der Waals surface area contributed by atoms with Crippen LogP contribution in [0.2, 0.25) is 5.02 Å². The van der Waals surface area contributed by atoms with Crippen molar-refractivity contribution in [3.8, 4) is 0 Å². The van der Waals surface area contributed by atoms with Gasteiger partial charge in [-0.15, -0.1) is 0 Å². The molecule has 0 saturated carbocycles. The van der Waals surface area contributed by atoms with Crippen LogP contribution in [0.3, 0.4) is 0 Å². The van der Waals surface area contributed by atoms with Crippen molar-refractivity contribution in [1.29, 1.82) is 0 Å². The highest BCUT2D eigenvalue weighted by molar-refractivity contribution is 7.88. The quantitative estimate of drug-likeness (QED) is 0.543. The molecule has 3 rings (SSSR count). The standard InChI is InChI=1S/C19H27ClN6O2S/c1-3-26-10-6-14-4-5-16(12-15(14)7-11-26)24-19-22-13-17(20)18(25-19)21-8-9-23-29(2,27)28/h4-5,12-13,23H,3,6-11H2,1-2H3,(H2,21,22,24,25). The number of anilines is 3. The number of rotatable bonds is 8. The van der Waals surface area contributed by atoms with Crippen molar-refractivity contribution in [3.05, 3.63) is 40.5 Å². The zero-order valence-corrected chi connectivity index (χ0v) is 18.3. The lowest BCUT2D eigenvalue weighted by Crippen LogP contribution is -2.27. The van der Waals surface area contributed by atoms with E-state index in [1.54, 1.807) is 0 Å². The molecule has 0 spiro atoms. The third-order valence-electron chi connectivity index (χ3n) is 4.83. The lowest BCUT2D eigenvalue weighted by atomic mass is 10.0. The Hall–Kier alpha value is -1.94. The van der Waals surface area contributed by atoms with Crippen LogP contribution in [-0.2, 0) is 22.9 Å². The van der Waals surface area contributed by atoms with Gasteiger partial charge in [0, 0.05) is 31.9 Å². The average molecular weight is 439 g/mol. The molecule has 0 aliphatic carbocycles. The molecular weight excluding hydrogens is 412 g/mol. The molecule has 0 saturated heterocycles. The fourth-order valence-electron chi connectivity index (χ4n) is 3.26. The summed E-state index contributed by atoms with van der Waals surface area (Å²) in [6, 6.07) is 6.37. The number of likely N-dealkylation sites (N-methyl/N-ethyl adjacent to an activating group) is 1. The number of hydrogen-bond donors (Lipinski definition) is 3. The smallest absolute Gasteiger partial charge is 0.229 e. The Bertz CT molecular complexity index is 954. The predicted molar refractivity (Wildman–Crippen MR) is 118 cm³/mol. The summed E-state index contributed by atoms with van der Waals surface area (Å²) in [5, 5.41) is 6.63. The van der Waals surface area contributed by atoms with Crippen LogP contribution >= 0.6 is 11.6 Å². The van der Waals surface area contributed by atoms with Crippen molar-refractivity contribution in [3.63, 3.8) is 0 Å². The lowest BCUT2D eigenvalue weighted by molar-refractivity contribution is 0.303. The first kappa shape index (κ1) is 21.8. The fraction of sp³-hybridized carbons (Fsp3) is 0.474. The first-order valence-electron chi connectivity index (χ1n) is 9.66. The van der Waals surface area contributed by atoms with Crippen molar-refractivity contribution in [2.45, 2.75) is 19.8 Å². The molecule has 0 unspecified atom stereocenters. The van der Waals surface area contributed by atoms with Gasteiger partial charge in [0.1, 0.15) is 5.02 Å². The van der Waals surface area contributed by atoms with Crippen molar-refractivity contribution >= 4 is 39.1 Å². The molecule has 0 amide bonds. The molecule has 1 aliphatic heterocycles. The topological polar surface area (TPSA) is 99.2 Å². The number of benzene rings is 1. The summed E-state index contributed by atoms with van der Waals surface area (Å²) in [5.74, 6) is 0.879. The molecule has 1 aromatic carbocycles. The number of nitrogens with zero attached hydrogens (tertiary/aromatic N) is 3. The van der Waals surface area contributed by atoms with E-state index in [0.29, 0.717) is 23.3 Å². The summed E-state index contributed by atoms with van der Waals surface area (Å²) in [5.41, 5.74) is 3.68. The SMILES string of the molecule is CCN1CCc2ccc(Nc3ncc(Cl)c(NCCNS(C)(=O)=O)n3)cc2CC1. The van der Waals surface area contributed by atoms with E-state index < -0.39 is 10.0 Å². The highest BCUT2D eigenvalue weighted by atomic mass is 35.5. The fourth-order valence-corrected chi connectivity index (χ4v) is 3.89. The van der Waals surface area contributed by atoms with E-state index in [1.165, 1.54) is 17.3 Å². The maximum absolute atomic E-state index is 11.1. The largest absolute Gasteiger partial charge is 0.367 e. The van der Waals surface area contributed by atoms with Crippen molar-refractivity contribution in [2.75, 3.05) is 49.6 Å². The van der Waals surface area contributed by atoms with Gasteiger partial charge in [-0.1, -0.05) is 24.6 Å². The summed E-state index contributed by atoms with van der Waals surface area (Å²) in [7, 11) is -3.22. The number of sulfonamides is 1. The maximum Gasteiger partial charge on any atom is 0.229 e. The molecular formula is C19H27ClN6O2S. The normalized spacial score (nSPS) is 14.9. The van der Waals surface area contributed by atoms with Gasteiger partial charge in [0.05, 0.1) is 12.5 Å². The van der Waals surface area contributed by atoms with Gasteiger partial charge in [0.2, 0.25) is 16.0 Å².